The van der Waals surface area contributed by atoms with Crippen molar-refractivity contribution in [2.24, 2.45) is 5.92 Å². The second-order valence-corrected chi connectivity index (χ2v) is 15.8. The van der Waals surface area contributed by atoms with Crippen LogP contribution < -0.4 is 19.7 Å². The molecule has 53 heavy (non-hydrogen) atoms. The van der Waals surface area contributed by atoms with Gasteiger partial charge in [-0.1, -0.05) is 41.4 Å². The highest BCUT2D eigenvalue weighted by Crippen LogP contribution is 2.57. The van der Waals surface area contributed by atoms with Gasteiger partial charge in [-0.2, -0.15) is 14.7 Å². The predicted molar refractivity (Wildman–Crippen MR) is 197 cm³/mol. The molecule has 0 unspecified atom stereocenters. The molecule has 2 N–H and O–H groups in total. The van der Waals surface area contributed by atoms with E-state index >= 15 is 0 Å². The molecule has 16 heteroatoms. The lowest BCUT2D eigenvalue weighted by atomic mass is 9.93. The van der Waals surface area contributed by atoms with Crippen LogP contribution in [0.4, 0.5) is 10.5 Å². The highest BCUT2D eigenvalue weighted by Gasteiger charge is 2.48. The largest absolute Gasteiger partial charge is 0.490 e. The quantitative estimate of drug-likeness (QED) is 0.165. The Morgan fingerprint density at radius 3 is 2.57 bits per heavy atom. The minimum atomic E-state index is -3.30. The zero-order chi connectivity index (χ0) is 37.7. The van der Waals surface area contributed by atoms with Crippen LogP contribution in [0.15, 0.2) is 67.0 Å². The molecule has 2 amide bonds. The number of aromatic nitrogens is 2. The molecule has 278 valence electrons. The second kappa shape index (κ2) is 16.5. The fourth-order valence-corrected chi connectivity index (χ4v) is 8.13. The van der Waals surface area contributed by atoms with Crippen LogP contribution >= 0.6 is 23.2 Å². The van der Waals surface area contributed by atoms with Crippen LogP contribution in [-0.2, 0) is 30.9 Å². The third-order valence-electron chi connectivity index (χ3n) is 9.35. The first kappa shape index (κ1) is 38.0. The second-order valence-electron chi connectivity index (χ2n) is 13.0. The van der Waals surface area contributed by atoms with E-state index in [1.54, 1.807) is 40.0 Å². The number of anilines is 1. The van der Waals surface area contributed by atoms with Crippen molar-refractivity contribution in [1.82, 2.24) is 19.8 Å². The van der Waals surface area contributed by atoms with E-state index in [0.29, 0.717) is 64.7 Å². The lowest BCUT2D eigenvalue weighted by molar-refractivity contribution is -0.191. The van der Waals surface area contributed by atoms with Crippen LogP contribution in [0.1, 0.15) is 52.2 Å². The summed E-state index contributed by atoms with van der Waals surface area (Å²) in [6.07, 6.45) is 5.94. The summed E-state index contributed by atoms with van der Waals surface area (Å²) in [5.41, 5.74) is 5.84. The number of rotatable bonds is 13. The Hall–Kier alpha value is -4.72. The SMILES string of the molecule is Cc1c(Cl)cccc1OCCOC(=O)N1C[C@@H]2C[C@@H]2c2c(-c3cnn(Cc4cc(C(=O)NCCNS(=O)(=O)C5CC5)ccc4Cl)c3)cccc21.O=C=O. The number of hydrogen-bond acceptors (Lipinski definition) is 9. The topological polar surface area (TPSA) is 166 Å². The number of nitrogens with zero attached hydrogens (tertiary/aromatic N) is 3. The first-order valence-electron chi connectivity index (χ1n) is 17.0. The molecule has 0 bridgehead atoms. The van der Waals surface area contributed by atoms with E-state index in [0.717, 1.165) is 34.4 Å². The summed E-state index contributed by atoms with van der Waals surface area (Å²) >= 11 is 12.7. The van der Waals surface area contributed by atoms with E-state index in [1.807, 2.05) is 43.5 Å². The Kier molecular flexibility index (Phi) is 11.9. The van der Waals surface area contributed by atoms with Gasteiger partial charge in [-0.25, -0.2) is 17.9 Å². The molecule has 0 spiro atoms. The summed E-state index contributed by atoms with van der Waals surface area (Å²) in [4.78, 5) is 44.1. The summed E-state index contributed by atoms with van der Waals surface area (Å²) in [7, 11) is -3.30. The molecule has 7 rings (SSSR count). The number of benzene rings is 3. The normalized spacial score (nSPS) is 17.0. The van der Waals surface area contributed by atoms with Crippen LogP contribution in [0.2, 0.25) is 10.0 Å². The summed E-state index contributed by atoms with van der Waals surface area (Å²) in [5.74, 6) is 1.06. The maximum absolute atomic E-state index is 13.3. The molecule has 3 aromatic carbocycles. The first-order chi connectivity index (χ1) is 25.5. The van der Waals surface area contributed by atoms with Crippen LogP contribution in [0.3, 0.4) is 0 Å². The molecule has 2 heterocycles. The van der Waals surface area contributed by atoms with Gasteiger partial charge < -0.3 is 14.8 Å². The Morgan fingerprint density at radius 1 is 1.02 bits per heavy atom. The maximum atomic E-state index is 13.3. The van der Waals surface area contributed by atoms with Crippen molar-refractivity contribution in [3.05, 3.63) is 99.3 Å². The minimum absolute atomic E-state index is 0.102. The lowest BCUT2D eigenvalue weighted by Crippen LogP contribution is -2.37. The van der Waals surface area contributed by atoms with Crippen molar-refractivity contribution < 1.29 is 37.1 Å². The smallest absolute Gasteiger partial charge is 0.414 e. The molecule has 4 aromatic rings. The molecule has 2 fully saturated rings. The molecular weight excluding hydrogens is 745 g/mol. The van der Waals surface area contributed by atoms with Crippen molar-refractivity contribution in [1.29, 1.82) is 0 Å². The Labute approximate surface area is 316 Å². The maximum Gasteiger partial charge on any atom is 0.414 e. The van der Waals surface area contributed by atoms with Gasteiger partial charge in [-0.15, -0.1) is 0 Å². The molecule has 13 nitrogen and oxygen atoms in total. The van der Waals surface area contributed by atoms with Crippen molar-refractivity contribution in [2.75, 3.05) is 37.7 Å². The van der Waals surface area contributed by atoms with Crippen LogP contribution in [0.25, 0.3) is 11.1 Å². The van der Waals surface area contributed by atoms with Gasteiger partial charge in [0.05, 0.1) is 23.7 Å². The van der Waals surface area contributed by atoms with E-state index in [4.69, 9.17) is 42.3 Å². The first-order valence-corrected chi connectivity index (χ1v) is 19.3. The van der Waals surface area contributed by atoms with E-state index in [2.05, 4.69) is 15.1 Å². The average Bonchev–Trinajstić information content (AvgIpc) is 4.08. The molecule has 0 radical (unpaired) electrons. The fourth-order valence-electron chi connectivity index (χ4n) is 6.41. The van der Waals surface area contributed by atoms with Gasteiger partial charge in [0.25, 0.3) is 5.91 Å². The molecule has 0 saturated heterocycles. The Balaban J connectivity index is 0.00000155. The molecule has 2 atom stereocenters. The predicted octanol–water partition coefficient (Wildman–Crippen LogP) is 5.58. The van der Waals surface area contributed by atoms with Crippen LogP contribution in [0.5, 0.6) is 5.75 Å². The van der Waals surface area contributed by atoms with Gasteiger partial charge in [-0.3, -0.25) is 14.4 Å². The van der Waals surface area contributed by atoms with Gasteiger partial charge in [0.15, 0.2) is 0 Å². The third kappa shape index (κ3) is 9.09. The van der Waals surface area contributed by atoms with E-state index < -0.39 is 16.1 Å². The summed E-state index contributed by atoms with van der Waals surface area (Å²) in [6.45, 7) is 3.42. The average molecular weight is 783 g/mol. The summed E-state index contributed by atoms with van der Waals surface area (Å²) < 4.78 is 39.8. The zero-order valence-electron chi connectivity index (χ0n) is 28.7. The molecular formula is C37H37Cl2N5O8S. The molecule has 1 aromatic heterocycles. The van der Waals surface area contributed by atoms with Crippen molar-refractivity contribution in [2.45, 2.75) is 43.9 Å². The monoisotopic (exact) mass is 781 g/mol. The molecule has 1 aliphatic heterocycles. The van der Waals surface area contributed by atoms with Gasteiger partial charge in [-0.05, 0) is 91.1 Å². The Bertz CT molecular complexity index is 2150. The van der Waals surface area contributed by atoms with Crippen molar-refractivity contribution >= 4 is 57.1 Å². The lowest BCUT2D eigenvalue weighted by Gasteiger charge is -2.29. The molecule has 3 aliphatic rings. The summed E-state index contributed by atoms with van der Waals surface area (Å²) in [5, 5.41) is 8.17. The van der Waals surface area contributed by atoms with Gasteiger partial charge in [0.2, 0.25) is 10.0 Å². The number of nitrogens with one attached hydrogen (secondary N) is 2. The number of carbonyl (C=O) groups excluding carboxylic acids is 4. The number of halogens is 2. The standard InChI is InChI=1S/C36H37Cl2N5O6S.CO2/c1-22-30(37)5-3-7-33(22)48-14-15-49-36(45)43-21-24-17-29(24)34-28(4-2-6-32(34)43)26-18-40-42(20-26)19-25-16-23(8-11-31(25)38)35(44)39-12-13-41-50(46,47)27-9-10-27;2-1-3/h2-8,11,16,18,20,24,27,29,41H,9-10,12-15,17,19,21H2,1H3,(H,39,44);/t24-,29-;/m0./s1. The van der Waals surface area contributed by atoms with Crippen LogP contribution in [-0.4, -0.2) is 74.4 Å². The number of fused-ring (bicyclic) bond motifs is 3. The Morgan fingerprint density at radius 2 is 1.79 bits per heavy atom. The number of sulfonamides is 1. The minimum Gasteiger partial charge on any atom is -0.490 e. The fraction of sp³-hybridized carbons (Fsp3) is 0.351. The van der Waals surface area contributed by atoms with Gasteiger partial charge >= 0.3 is 12.2 Å². The molecule has 2 aliphatic carbocycles. The highest BCUT2D eigenvalue weighted by molar-refractivity contribution is 7.90. The third-order valence-corrected chi connectivity index (χ3v) is 12.1. The van der Waals surface area contributed by atoms with Crippen molar-refractivity contribution in [3.63, 3.8) is 0 Å². The van der Waals surface area contributed by atoms with E-state index in [1.165, 1.54) is 0 Å². The highest BCUT2D eigenvalue weighted by atomic mass is 35.5. The van der Waals surface area contributed by atoms with E-state index in [-0.39, 0.29) is 43.6 Å². The number of carbonyl (C=O) groups is 2. The molecule has 2 saturated carbocycles. The van der Waals surface area contributed by atoms with Crippen LogP contribution in [0, 0.1) is 12.8 Å². The zero-order valence-corrected chi connectivity index (χ0v) is 31.0. The van der Waals surface area contributed by atoms with Gasteiger partial charge in [0.1, 0.15) is 19.0 Å². The number of ether oxygens (including phenoxy) is 2. The van der Waals surface area contributed by atoms with Crippen molar-refractivity contribution in [3.8, 4) is 16.9 Å². The van der Waals surface area contributed by atoms with Gasteiger partial charge in [0, 0.05) is 52.6 Å². The number of hydrogen-bond donors (Lipinski definition) is 2. The number of amides is 2. The van der Waals surface area contributed by atoms with E-state index in [9.17, 15) is 18.0 Å². The summed E-state index contributed by atoms with van der Waals surface area (Å²) in [6, 6.07) is 16.4.